The second-order valence-corrected chi connectivity index (χ2v) is 13.7. The zero-order valence-corrected chi connectivity index (χ0v) is 27.7. The van der Waals surface area contributed by atoms with Crippen molar-refractivity contribution in [3.8, 4) is 0 Å². The van der Waals surface area contributed by atoms with Gasteiger partial charge in [0.2, 0.25) is 11.8 Å². The number of nitrogens with two attached hydrogens (primary N) is 1. The van der Waals surface area contributed by atoms with E-state index in [-0.39, 0.29) is 30.3 Å². The molecule has 46 heavy (non-hydrogen) atoms. The highest BCUT2D eigenvalue weighted by Gasteiger charge is 2.36. The molecule has 4 aliphatic heterocycles. The number of benzene rings is 2. The van der Waals surface area contributed by atoms with Crippen molar-refractivity contribution in [1.29, 1.82) is 0 Å². The average molecular weight is 650 g/mol. The fourth-order valence-corrected chi connectivity index (χ4v) is 7.98. The van der Waals surface area contributed by atoms with Crippen molar-refractivity contribution in [1.82, 2.24) is 24.9 Å². The summed E-state index contributed by atoms with van der Waals surface area (Å²) in [7, 11) is 0. The molecule has 1 atom stereocenters. The fourth-order valence-electron chi connectivity index (χ4n) is 7.72. The molecule has 0 spiro atoms. The zero-order chi connectivity index (χ0) is 32.2. The molecular formula is C35H48ClN7O3. The van der Waals surface area contributed by atoms with Gasteiger partial charge in [-0.2, -0.15) is 0 Å². The highest BCUT2D eigenvalue weighted by atomic mass is 35.5. The summed E-state index contributed by atoms with van der Waals surface area (Å²) in [5.74, 6) is -0.426. The molecule has 3 fully saturated rings. The Morgan fingerprint density at radius 2 is 1.63 bits per heavy atom. The summed E-state index contributed by atoms with van der Waals surface area (Å²) >= 11 is 6.51. The maximum Gasteiger partial charge on any atom is 0.322 e. The first kappa shape index (κ1) is 32.6. The van der Waals surface area contributed by atoms with Gasteiger partial charge in [-0.25, -0.2) is 4.79 Å². The van der Waals surface area contributed by atoms with Gasteiger partial charge >= 0.3 is 6.03 Å². The van der Waals surface area contributed by atoms with Crippen molar-refractivity contribution < 1.29 is 14.4 Å². The highest BCUT2D eigenvalue weighted by molar-refractivity contribution is 6.33. The van der Waals surface area contributed by atoms with Crippen LogP contribution < -0.4 is 16.4 Å². The molecule has 0 unspecified atom stereocenters. The Balaban J connectivity index is 1.10. The Hall–Kier alpha value is -3.34. The number of piperidine rings is 2. The van der Waals surface area contributed by atoms with Crippen LogP contribution in [0.1, 0.15) is 55.7 Å². The molecule has 248 valence electrons. The van der Waals surface area contributed by atoms with Crippen molar-refractivity contribution >= 4 is 40.8 Å². The van der Waals surface area contributed by atoms with Crippen molar-refractivity contribution in [2.75, 3.05) is 63.4 Å². The van der Waals surface area contributed by atoms with E-state index in [0.717, 1.165) is 67.8 Å². The van der Waals surface area contributed by atoms with E-state index in [1.165, 1.54) is 0 Å². The number of hydrogen-bond acceptors (Lipinski definition) is 6. The summed E-state index contributed by atoms with van der Waals surface area (Å²) in [6.45, 7) is 9.33. The number of urea groups is 1. The maximum absolute atomic E-state index is 14.1. The molecule has 0 saturated carbocycles. The van der Waals surface area contributed by atoms with Crippen molar-refractivity contribution in [3.05, 3.63) is 58.1 Å². The molecule has 4 heterocycles. The minimum Gasteiger partial charge on any atom is -0.397 e. The molecule has 10 nitrogen and oxygen atoms in total. The molecule has 4 amide bonds. The average Bonchev–Trinajstić information content (AvgIpc) is 3.09. The van der Waals surface area contributed by atoms with Crippen LogP contribution >= 0.6 is 11.6 Å². The van der Waals surface area contributed by atoms with Crippen molar-refractivity contribution in [2.45, 2.75) is 70.5 Å². The molecule has 0 aromatic heterocycles. The van der Waals surface area contributed by atoms with E-state index >= 15 is 0 Å². The van der Waals surface area contributed by atoms with Gasteiger partial charge in [0.25, 0.3) is 0 Å². The predicted octanol–water partition coefficient (Wildman–Crippen LogP) is 3.97. The third-order valence-electron chi connectivity index (χ3n) is 10.5. The Kier molecular flexibility index (Phi) is 10.4. The summed E-state index contributed by atoms with van der Waals surface area (Å²) in [4.78, 5) is 49.1. The molecule has 2 aromatic carbocycles. The summed E-state index contributed by atoms with van der Waals surface area (Å²) in [5.41, 5.74) is 10.7. The van der Waals surface area contributed by atoms with Crippen LogP contribution in [0, 0.1) is 5.92 Å². The monoisotopic (exact) mass is 649 g/mol. The van der Waals surface area contributed by atoms with Gasteiger partial charge in [0, 0.05) is 83.1 Å². The number of hydrogen-bond donors (Lipinski definition) is 3. The van der Waals surface area contributed by atoms with Crippen LogP contribution in [-0.2, 0) is 29.0 Å². The number of aryl methyl sites for hydroxylation is 1. The van der Waals surface area contributed by atoms with Crippen LogP contribution in [-0.4, -0.2) is 102 Å². The molecule has 2 aromatic rings. The molecule has 0 radical (unpaired) electrons. The number of carbonyl (C=O) groups excluding carboxylic acids is 3. The van der Waals surface area contributed by atoms with Crippen LogP contribution in [0.4, 0.5) is 16.2 Å². The zero-order valence-electron chi connectivity index (χ0n) is 27.0. The van der Waals surface area contributed by atoms with E-state index in [9.17, 15) is 14.4 Å². The van der Waals surface area contributed by atoms with Gasteiger partial charge < -0.3 is 31.1 Å². The third-order valence-corrected chi connectivity index (χ3v) is 10.8. The quantitative estimate of drug-likeness (QED) is 0.373. The van der Waals surface area contributed by atoms with Crippen molar-refractivity contribution in [3.63, 3.8) is 0 Å². The van der Waals surface area contributed by atoms with Crippen molar-refractivity contribution in [2.24, 2.45) is 5.92 Å². The largest absolute Gasteiger partial charge is 0.397 e. The van der Waals surface area contributed by atoms with Gasteiger partial charge in [-0.15, -0.1) is 0 Å². The smallest absolute Gasteiger partial charge is 0.322 e. The van der Waals surface area contributed by atoms with Crippen LogP contribution in [0.15, 0.2) is 36.4 Å². The van der Waals surface area contributed by atoms with E-state index < -0.39 is 5.92 Å². The number of fused-ring (bicyclic) bond motifs is 1. The molecule has 6 rings (SSSR count). The second kappa shape index (κ2) is 14.6. The topological polar surface area (TPSA) is 114 Å². The number of para-hydroxylation sites is 1. The lowest BCUT2D eigenvalue weighted by atomic mass is 9.91. The van der Waals surface area contributed by atoms with E-state index in [0.29, 0.717) is 68.7 Å². The summed E-state index contributed by atoms with van der Waals surface area (Å²) in [6.07, 6.45) is 4.69. The number of piperazine rings is 1. The lowest BCUT2D eigenvalue weighted by Crippen LogP contribution is -2.53. The Morgan fingerprint density at radius 1 is 0.957 bits per heavy atom. The SMILES string of the molecule is CCc1cc(C[C@@H](CC(=O)N2CCC(N3Cc4ccccc4NC3=O)CC2)C(=O)N2CCC(N3CCNCC3)CC2)cc(Cl)c1N. The third kappa shape index (κ3) is 7.29. The molecule has 4 aliphatic rings. The molecule has 3 saturated heterocycles. The number of nitrogens with one attached hydrogen (secondary N) is 2. The van der Waals surface area contributed by atoms with E-state index in [2.05, 4.69) is 15.5 Å². The number of rotatable bonds is 8. The number of likely N-dealkylation sites (tertiary alicyclic amines) is 2. The van der Waals surface area contributed by atoms with Crippen LogP contribution in [0.5, 0.6) is 0 Å². The number of anilines is 2. The molecule has 0 aliphatic carbocycles. The number of nitrogens with zero attached hydrogens (tertiary/aromatic N) is 4. The van der Waals surface area contributed by atoms with Gasteiger partial charge in [-0.3, -0.25) is 14.5 Å². The van der Waals surface area contributed by atoms with Crippen LogP contribution in [0.2, 0.25) is 5.02 Å². The first-order valence-electron chi connectivity index (χ1n) is 17.0. The second-order valence-electron chi connectivity index (χ2n) is 13.3. The van der Waals surface area contributed by atoms with Gasteiger partial charge in [0.1, 0.15) is 0 Å². The number of carbonyl (C=O) groups is 3. The van der Waals surface area contributed by atoms with Crippen LogP contribution in [0.25, 0.3) is 0 Å². The summed E-state index contributed by atoms with van der Waals surface area (Å²) in [5, 5.41) is 6.93. The van der Waals surface area contributed by atoms with E-state index in [4.69, 9.17) is 17.3 Å². The lowest BCUT2D eigenvalue weighted by Gasteiger charge is -2.42. The van der Waals surface area contributed by atoms with Gasteiger partial charge in [-0.05, 0) is 67.3 Å². The minimum atomic E-state index is -0.477. The lowest BCUT2D eigenvalue weighted by molar-refractivity contribution is -0.143. The first-order valence-corrected chi connectivity index (χ1v) is 17.4. The van der Waals surface area contributed by atoms with E-state index in [1.807, 2.05) is 58.0 Å². The molecule has 0 bridgehead atoms. The standard InChI is InChI=1S/C35H48ClN7O3/c1-2-25-19-24(21-30(36)33(25)37)20-27(34(45)42-15-7-28(8-16-42)40-17-11-38-12-18-40)22-32(44)41-13-9-29(10-14-41)43-23-26-5-3-4-6-31(26)39-35(43)46/h3-6,19,21,27-29,38H,2,7-18,20,22-23,37H2,1H3,(H,39,46)/t27-/m0/s1. The minimum absolute atomic E-state index is 0.00167. The first-order chi connectivity index (χ1) is 22.3. The Morgan fingerprint density at radius 3 is 2.35 bits per heavy atom. The molecular weight excluding hydrogens is 602 g/mol. The normalized spacial score (nSPS) is 20.7. The molecule has 4 N–H and O–H groups in total. The Bertz CT molecular complexity index is 1410. The molecule has 11 heteroatoms. The van der Waals surface area contributed by atoms with Gasteiger partial charge in [0.05, 0.1) is 16.6 Å². The summed E-state index contributed by atoms with van der Waals surface area (Å²) in [6, 6.07) is 12.3. The number of nitrogen functional groups attached to an aromatic ring is 1. The van der Waals surface area contributed by atoms with Crippen LogP contribution in [0.3, 0.4) is 0 Å². The maximum atomic E-state index is 14.1. The van der Waals surface area contributed by atoms with Gasteiger partial charge in [-0.1, -0.05) is 42.8 Å². The number of halogens is 1. The predicted molar refractivity (Wildman–Crippen MR) is 182 cm³/mol. The van der Waals surface area contributed by atoms with E-state index in [1.54, 1.807) is 0 Å². The summed E-state index contributed by atoms with van der Waals surface area (Å²) < 4.78 is 0. The Labute approximate surface area is 277 Å². The highest BCUT2D eigenvalue weighted by Crippen LogP contribution is 2.31. The van der Waals surface area contributed by atoms with Gasteiger partial charge in [0.15, 0.2) is 0 Å². The number of amides is 4. The fraction of sp³-hybridized carbons (Fsp3) is 0.571.